The van der Waals surface area contributed by atoms with Crippen LogP contribution in [0.2, 0.25) is 0 Å². The first-order chi connectivity index (χ1) is 20.6. The van der Waals surface area contributed by atoms with E-state index in [-0.39, 0.29) is 17.7 Å². The van der Waals surface area contributed by atoms with E-state index in [9.17, 15) is 27.2 Å². The Kier molecular flexibility index (Phi) is 9.09. The quantitative estimate of drug-likeness (QED) is 0.152. The summed E-state index contributed by atoms with van der Waals surface area (Å²) < 4.78 is 59.1. The van der Waals surface area contributed by atoms with Gasteiger partial charge in [0.15, 0.2) is 0 Å². The number of likely N-dealkylation sites (tertiary alicyclic amines) is 1. The van der Waals surface area contributed by atoms with Crippen LogP contribution in [0.5, 0.6) is 0 Å². The molecule has 5 rings (SSSR count). The Morgan fingerprint density at radius 1 is 1.05 bits per heavy atom. The van der Waals surface area contributed by atoms with Crippen molar-refractivity contribution in [2.75, 3.05) is 42.6 Å². The third kappa shape index (κ3) is 7.58. The molecule has 2 aliphatic rings. The number of fused-ring (bicyclic) bond motifs is 2. The number of morpholine rings is 1. The van der Waals surface area contributed by atoms with Crippen molar-refractivity contribution in [3.05, 3.63) is 95.3 Å². The summed E-state index contributed by atoms with van der Waals surface area (Å²) >= 11 is 0. The molecule has 226 valence electrons. The first kappa shape index (κ1) is 30.2. The number of anilines is 3. The molecule has 0 radical (unpaired) electrons. The number of carbonyl (C=O) groups excluding carboxylic acids is 2. The van der Waals surface area contributed by atoms with Gasteiger partial charge in [-0.3, -0.25) is 14.5 Å². The van der Waals surface area contributed by atoms with E-state index in [1.54, 1.807) is 54.6 Å². The SMILES string of the molecule is Nc1ccccc1NC(=O)/C=C/c1ccc(C(NCCN2C[C@H]3C[C@@H]2CO3)C(=O)Nc2ccc(C(F)(F)F)cc2F)cc1. The zero-order valence-corrected chi connectivity index (χ0v) is 23.0. The van der Waals surface area contributed by atoms with E-state index in [0.717, 1.165) is 25.1 Å². The number of halogens is 4. The Morgan fingerprint density at radius 2 is 1.81 bits per heavy atom. The number of hydrogen-bond donors (Lipinski definition) is 4. The molecule has 2 amide bonds. The number of nitrogens with one attached hydrogen (secondary N) is 3. The molecule has 0 saturated carbocycles. The molecule has 2 saturated heterocycles. The third-order valence-electron chi connectivity index (χ3n) is 7.49. The second kappa shape index (κ2) is 12.9. The van der Waals surface area contributed by atoms with Gasteiger partial charge in [0.25, 0.3) is 0 Å². The molecule has 8 nitrogen and oxygen atoms in total. The fraction of sp³-hybridized carbons (Fsp3) is 0.290. The fourth-order valence-corrected chi connectivity index (χ4v) is 5.22. The van der Waals surface area contributed by atoms with Crippen molar-refractivity contribution in [1.29, 1.82) is 0 Å². The maximum Gasteiger partial charge on any atom is 0.416 e. The van der Waals surface area contributed by atoms with Crippen LogP contribution in [0.25, 0.3) is 6.08 Å². The smallest absolute Gasteiger partial charge is 0.397 e. The maximum absolute atomic E-state index is 14.5. The molecule has 5 N–H and O–H groups in total. The molecule has 43 heavy (non-hydrogen) atoms. The Balaban J connectivity index is 1.27. The van der Waals surface area contributed by atoms with Crippen molar-refractivity contribution in [2.45, 2.75) is 30.8 Å². The van der Waals surface area contributed by atoms with E-state index in [1.165, 1.54) is 6.08 Å². The topological polar surface area (TPSA) is 109 Å². The van der Waals surface area contributed by atoms with E-state index in [0.29, 0.717) is 54.3 Å². The number of alkyl halides is 3. The standard InChI is InChI=1S/C31H31F4N5O3/c32-24-15-21(31(33,34)35)10-11-26(24)39-30(42)29(37-13-14-40-17-23-16-22(40)18-43-23)20-8-5-19(6-9-20)7-12-28(41)38-27-4-2-1-3-25(27)36/h1-12,15,22-23,29,37H,13-14,16-18,36H2,(H,38,41)(H,39,42)/b12-7+/t22-,23-,29?/m1/s1. The summed E-state index contributed by atoms with van der Waals surface area (Å²) in [5, 5.41) is 8.33. The van der Waals surface area contributed by atoms with Gasteiger partial charge in [0, 0.05) is 31.8 Å². The Morgan fingerprint density at radius 3 is 2.47 bits per heavy atom. The van der Waals surface area contributed by atoms with E-state index >= 15 is 0 Å². The number of nitrogen functional groups attached to an aromatic ring is 1. The fourth-order valence-electron chi connectivity index (χ4n) is 5.22. The molecule has 12 heteroatoms. The summed E-state index contributed by atoms with van der Waals surface area (Å²) in [5.41, 5.74) is 6.52. The normalized spacial score (nSPS) is 19.1. The molecule has 0 spiro atoms. The third-order valence-corrected chi connectivity index (χ3v) is 7.49. The van der Waals surface area contributed by atoms with Crippen LogP contribution < -0.4 is 21.7 Å². The van der Waals surface area contributed by atoms with Gasteiger partial charge in [0.2, 0.25) is 11.8 Å². The second-order valence-corrected chi connectivity index (χ2v) is 10.5. The average molecular weight is 598 g/mol. The lowest BCUT2D eigenvalue weighted by atomic mass is 10.0. The minimum Gasteiger partial charge on any atom is -0.397 e. The molecular formula is C31H31F4N5O3. The lowest BCUT2D eigenvalue weighted by molar-refractivity contribution is -0.137. The monoisotopic (exact) mass is 597 g/mol. The first-order valence-corrected chi connectivity index (χ1v) is 13.8. The first-order valence-electron chi connectivity index (χ1n) is 13.8. The molecule has 2 aliphatic heterocycles. The molecule has 0 aromatic heterocycles. The number of ether oxygens (including phenoxy) is 1. The zero-order chi connectivity index (χ0) is 30.6. The van der Waals surface area contributed by atoms with Gasteiger partial charge in [-0.05, 0) is 54.0 Å². The largest absolute Gasteiger partial charge is 0.416 e. The number of nitrogens with zero attached hydrogens (tertiary/aromatic N) is 1. The van der Waals surface area contributed by atoms with Crippen LogP contribution >= 0.6 is 0 Å². The zero-order valence-electron chi connectivity index (χ0n) is 23.0. The molecule has 3 atom stereocenters. The Bertz CT molecular complexity index is 1500. The summed E-state index contributed by atoms with van der Waals surface area (Å²) in [6, 6.07) is 15.1. The molecule has 3 aromatic rings. The molecule has 0 aliphatic carbocycles. The van der Waals surface area contributed by atoms with E-state index in [1.807, 2.05) is 0 Å². The number of carbonyl (C=O) groups is 2. The van der Waals surface area contributed by atoms with Gasteiger partial charge < -0.3 is 26.4 Å². The molecular weight excluding hydrogens is 566 g/mol. The van der Waals surface area contributed by atoms with Gasteiger partial charge in [-0.1, -0.05) is 36.4 Å². The molecule has 2 heterocycles. The van der Waals surface area contributed by atoms with Crippen LogP contribution in [0.15, 0.2) is 72.8 Å². The predicted molar refractivity (Wildman–Crippen MR) is 155 cm³/mol. The Hall–Kier alpha value is -4.26. The van der Waals surface area contributed by atoms with E-state index < -0.39 is 29.5 Å². The summed E-state index contributed by atoms with van der Waals surface area (Å²) in [4.78, 5) is 27.9. The van der Waals surface area contributed by atoms with Crippen molar-refractivity contribution in [2.24, 2.45) is 0 Å². The minimum absolute atomic E-state index is 0.222. The average Bonchev–Trinajstić information content (AvgIpc) is 3.60. The number of nitrogens with two attached hydrogens (primary N) is 1. The highest BCUT2D eigenvalue weighted by Gasteiger charge is 2.38. The lowest BCUT2D eigenvalue weighted by Gasteiger charge is -2.27. The number of para-hydroxylation sites is 2. The number of amides is 2. The predicted octanol–water partition coefficient (Wildman–Crippen LogP) is 4.82. The highest BCUT2D eigenvalue weighted by molar-refractivity contribution is 6.03. The summed E-state index contributed by atoms with van der Waals surface area (Å²) in [6.07, 6.45) is -0.560. The van der Waals surface area contributed by atoms with Gasteiger partial charge in [-0.15, -0.1) is 0 Å². The summed E-state index contributed by atoms with van der Waals surface area (Å²) in [6.45, 7) is 2.57. The number of hydrogen-bond acceptors (Lipinski definition) is 6. The molecule has 2 bridgehead atoms. The Labute approximate surface area is 245 Å². The van der Waals surface area contributed by atoms with Gasteiger partial charge in [0.05, 0.1) is 35.3 Å². The van der Waals surface area contributed by atoms with Crippen LogP contribution in [0, 0.1) is 5.82 Å². The van der Waals surface area contributed by atoms with Crippen molar-refractivity contribution < 1.29 is 31.9 Å². The van der Waals surface area contributed by atoms with Crippen LogP contribution in [0.4, 0.5) is 34.6 Å². The van der Waals surface area contributed by atoms with Gasteiger partial charge in [-0.2, -0.15) is 13.2 Å². The van der Waals surface area contributed by atoms with Gasteiger partial charge >= 0.3 is 6.18 Å². The lowest BCUT2D eigenvalue weighted by Crippen LogP contribution is -2.43. The number of rotatable bonds is 10. The summed E-state index contributed by atoms with van der Waals surface area (Å²) in [5.74, 6) is -2.19. The van der Waals surface area contributed by atoms with Crippen molar-refractivity contribution in [3.8, 4) is 0 Å². The maximum atomic E-state index is 14.5. The number of benzene rings is 3. The summed E-state index contributed by atoms with van der Waals surface area (Å²) in [7, 11) is 0. The van der Waals surface area contributed by atoms with E-state index in [2.05, 4.69) is 20.9 Å². The van der Waals surface area contributed by atoms with Crippen LogP contribution in [0.1, 0.15) is 29.2 Å². The highest BCUT2D eigenvalue weighted by atomic mass is 19.4. The van der Waals surface area contributed by atoms with Crippen molar-refractivity contribution in [3.63, 3.8) is 0 Å². The van der Waals surface area contributed by atoms with Crippen LogP contribution in [0.3, 0.4) is 0 Å². The minimum atomic E-state index is -4.71. The van der Waals surface area contributed by atoms with E-state index in [4.69, 9.17) is 10.5 Å². The van der Waals surface area contributed by atoms with Gasteiger partial charge in [0.1, 0.15) is 11.9 Å². The highest BCUT2D eigenvalue weighted by Crippen LogP contribution is 2.32. The second-order valence-electron chi connectivity index (χ2n) is 10.5. The van der Waals surface area contributed by atoms with Gasteiger partial charge in [-0.25, -0.2) is 4.39 Å². The van der Waals surface area contributed by atoms with Crippen molar-refractivity contribution >= 4 is 35.0 Å². The van der Waals surface area contributed by atoms with Crippen LogP contribution in [-0.2, 0) is 20.5 Å². The van der Waals surface area contributed by atoms with Crippen molar-refractivity contribution in [1.82, 2.24) is 10.2 Å². The molecule has 1 unspecified atom stereocenters. The van der Waals surface area contributed by atoms with Crippen LogP contribution in [-0.4, -0.2) is 55.1 Å². The molecule has 2 fully saturated rings. The molecule has 3 aromatic carbocycles.